The van der Waals surface area contributed by atoms with Crippen LogP contribution in [0.25, 0.3) is 5.69 Å². The van der Waals surface area contributed by atoms with Crippen molar-refractivity contribution in [2.24, 2.45) is 0 Å². The number of nitrogens with zero attached hydrogens (tertiary/aromatic N) is 4. The molecule has 140 valence electrons. The van der Waals surface area contributed by atoms with Crippen LogP contribution in [0.4, 0.5) is 0 Å². The van der Waals surface area contributed by atoms with Gasteiger partial charge in [0.1, 0.15) is 5.75 Å². The number of carbonyl (C=O) groups is 1. The number of rotatable bonds is 6. The highest BCUT2D eigenvalue weighted by molar-refractivity contribution is 8.00. The van der Waals surface area contributed by atoms with Gasteiger partial charge in [0, 0.05) is 5.56 Å². The summed E-state index contributed by atoms with van der Waals surface area (Å²) in [5, 5.41) is 12.2. The summed E-state index contributed by atoms with van der Waals surface area (Å²) in [4.78, 5) is 13.0. The molecule has 0 bridgehead atoms. The van der Waals surface area contributed by atoms with Crippen molar-refractivity contribution in [2.45, 2.75) is 38.1 Å². The third kappa shape index (κ3) is 4.03. The fourth-order valence-electron chi connectivity index (χ4n) is 2.79. The number of methoxy groups -OCH3 is 1. The van der Waals surface area contributed by atoms with Crippen molar-refractivity contribution < 1.29 is 9.53 Å². The minimum Gasteiger partial charge on any atom is -0.497 e. The van der Waals surface area contributed by atoms with Crippen LogP contribution in [0, 0.1) is 20.8 Å². The van der Waals surface area contributed by atoms with Crippen molar-refractivity contribution in [2.75, 3.05) is 7.11 Å². The number of hydrogen-bond acceptors (Lipinski definition) is 6. The molecule has 1 atom stereocenters. The summed E-state index contributed by atoms with van der Waals surface area (Å²) in [7, 11) is 1.62. The summed E-state index contributed by atoms with van der Waals surface area (Å²) >= 11 is 1.35. The molecule has 3 rings (SSSR count). The van der Waals surface area contributed by atoms with Crippen LogP contribution in [-0.2, 0) is 0 Å². The molecule has 27 heavy (non-hydrogen) atoms. The molecule has 0 fully saturated rings. The van der Waals surface area contributed by atoms with Gasteiger partial charge in [-0.15, -0.1) is 5.10 Å². The first-order valence-corrected chi connectivity index (χ1v) is 9.50. The predicted octanol–water partition coefficient (Wildman–Crippen LogP) is 3.96. The lowest BCUT2D eigenvalue weighted by Crippen LogP contribution is -2.16. The Morgan fingerprint density at radius 2 is 1.74 bits per heavy atom. The van der Waals surface area contributed by atoms with Gasteiger partial charge in [0.2, 0.25) is 5.16 Å². The SMILES string of the molecule is COc1ccc(-n2nnnc2S[C@H](C)C(=O)c2cc(C)c(C)cc2C)cc1. The highest BCUT2D eigenvalue weighted by Gasteiger charge is 2.22. The molecule has 0 aliphatic carbocycles. The van der Waals surface area contributed by atoms with E-state index in [0.29, 0.717) is 5.16 Å². The van der Waals surface area contributed by atoms with E-state index < -0.39 is 0 Å². The number of aryl methyl sites for hydroxylation is 3. The lowest BCUT2D eigenvalue weighted by molar-refractivity contribution is 0.0993. The Morgan fingerprint density at radius 3 is 2.41 bits per heavy atom. The number of ether oxygens (including phenoxy) is 1. The lowest BCUT2D eigenvalue weighted by atomic mass is 9.97. The largest absolute Gasteiger partial charge is 0.497 e. The van der Waals surface area contributed by atoms with Crippen molar-refractivity contribution in [3.8, 4) is 11.4 Å². The van der Waals surface area contributed by atoms with E-state index in [2.05, 4.69) is 28.5 Å². The Balaban J connectivity index is 1.82. The molecule has 0 N–H and O–H groups in total. The van der Waals surface area contributed by atoms with Crippen molar-refractivity contribution >= 4 is 17.5 Å². The number of ketones is 1. The van der Waals surface area contributed by atoms with Crippen LogP contribution in [0.5, 0.6) is 5.75 Å². The normalized spacial score (nSPS) is 12.0. The minimum absolute atomic E-state index is 0.0740. The molecule has 2 aromatic carbocycles. The van der Waals surface area contributed by atoms with Gasteiger partial charge in [-0.2, -0.15) is 4.68 Å². The maximum Gasteiger partial charge on any atom is 0.214 e. The van der Waals surface area contributed by atoms with Crippen molar-refractivity contribution in [3.05, 3.63) is 58.7 Å². The van der Waals surface area contributed by atoms with Crippen LogP contribution in [0.3, 0.4) is 0 Å². The average molecular weight is 382 g/mol. The van der Waals surface area contributed by atoms with E-state index in [9.17, 15) is 4.79 Å². The monoisotopic (exact) mass is 382 g/mol. The Bertz CT molecular complexity index is 967. The van der Waals surface area contributed by atoms with Gasteiger partial charge < -0.3 is 4.74 Å². The van der Waals surface area contributed by atoms with Gasteiger partial charge in [-0.3, -0.25) is 4.79 Å². The fraction of sp³-hybridized carbons (Fsp3) is 0.300. The number of tetrazole rings is 1. The Kier molecular flexibility index (Phi) is 5.60. The maximum absolute atomic E-state index is 13.0. The molecule has 7 heteroatoms. The maximum atomic E-state index is 13.0. The van der Waals surface area contributed by atoms with Crippen LogP contribution in [0.15, 0.2) is 41.6 Å². The molecule has 1 aromatic heterocycles. The molecule has 6 nitrogen and oxygen atoms in total. The summed E-state index contributed by atoms with van der Waals surface area (Å²) in [5.41, 5.74) is 4.86. The molecule has 0 aliphatic rings. The van der Waals surface area contributed by atoms with Crippen molar-refractivity contribution in [1.82, 2.24) is 20.2 Å². The smallest absolute Gasteiger partial charge is 0.214 e. The molecule has 1 heterocycles. The van der Waals surface area contributed by atoms with Crippen molar-refractivity contribution in [1.29, 1.82) is 0 Å². The van der Waals surface area contributed by atoms with E-state index in [1.165, 1.54) is 17.3 Å². The summed E-state index contributed by atoms with van der Waals surface area (Å²) in [6.45, 7) is 7.93. The van der Waals surface area contributed by atoms with Crippen LogP contribution < -0.4 is 4.74 Å². The molecule has 0 unspecified atom stereocenters. The van der Waals surface area contributed by atoms with Crippen LogP contribution in [-0.4, -0.2) is 38.4 Å². The zero-order valence-corrected chi connectivity index (χ0v) is 16.9. The van der Waals surface area contributed by atoms with Gasteiger partial charge in [0.05, 0.1) is 18.0 Å². The number of thioether (sulfide) groups is 1. The minimum atomic E-state index is -0.311. The van der Waals surface area contributed by atoms with E-state index in [4.69, 9.17) is 4.74 Å². The van der Waals surface area contributed by atoms with E-state index in [1.807, 2.05) is 51.1 Å². The van der Waals surface area contributed by atoms with Gasteiger partial charge in [-0.05, 0) is 85.1 Å². The van der Waals surface area contributed by atoms with E-state index in [0.717, 1.165) is 28.1 Å². The second-order valence-electron chi connectivity index (χ2n) is 6.45. The highest BCUT2D eigenvalue weighted by Crippen LogP contribution is 2.27. The van der Waals surface area contributed by atoms with Gasteiger partial charge >= 0.3 is 0 Å². The van der Waals surface area contributed by atoms with Gasteiger partial charge in [0.25, 0.3) is 0 Å². The van der Waals surface area contributed by atoms with Crippen molar-refractivity contribution in [3.63, 3.8) is 0 Å². The third-order valence-electron chi connectivity index (χ3n) is 4.52. The third-order valence-corrected chi connectivity index (χ3v) is 5.55. The molecular weight excluding hydrogens is 360 g/mol. The average Bonchev–Trinajstić information content (AvgIpc) is 3.12. The predicted molar refractivity (Wildman–Crippen MR) is 106 cm³/mol. The summed E-state index contributed by atoms with van der Waals surface area (Å²) in [6, 6.07) is 11.5. The molecule has 3 aromatic rings. The molecular formula is C20H22N4O2S. The molecule has 0 aliphatic heterocycles. The number of Topliss-reactive ketones (excluding diaryl/α,β-unsaturated/α-hetero) is 1. The number of aromatic nitrogens is 4. The molecule has 0 spiro atoms. The summed E-state index contributed by atoms with van der Waals surface area (Å²) in [6.07, 6.45) is 0. The number of carbonyl (C=O) groups excluding carboxylic acids is 1. The zero-order chi connectivity index (χ0) is 19.6. The number of benzene rings is 2. The lowest BCUT2D eigenvalue weighted by Gasteiger charge is -2.14. The Hall–Kier alpha value is -2.67. The Morgan fingerprint density at radius 1 is 1.07 bits per heavy atom. The molecule has 0 radical (unpaired) electrons. The van der Waals surface area contributed by atoms with E-state index in [1.54, 1.807) is 11.8 Å². The zero-order valence-electron chi connectivity index (χ0n) is 16.1. The quantitative estimate of drug-likeness (QED) is 0.475. The molecule has 0 saturated carbocycles. The highest BCUT2D eigenvalue weighted by atomic mass is 32.2. The van der Waals surface area contributed by atoms with Gasteiger partial charge in [-0.1, -0.05) is 17.8 Å². The Labute approximate surface area is 162 Å². The van der Waals surface area contributed by atoms with Crippen LogP contribution in [0.1, 0.15) is 34.0 Å². The molecule has 0 saturated heterocycles. The van der Waals surface area contributed by atoms with Crippen LogP contribution >= 0.6 is 11.8 Å². The summed E-state index contributed by atoms with van der Waals surface area (Å²) < 4.78 is 6.81. The standard InChI is InChI=1S/C20H22N4O2S/c1-12-10-14(3)18(11-13(12)2)19(25)15(4)27-20-21-22-23-24(20)16-6-8-17(26-5)9-7-16/h6-11,15H,1-5H3/t15-/m1/s1. The van der Waals surface area contributed by atoms with E-state index in [-0.39, 0.29) is 11.0 Å². The van der Waals surface area contributed by atoms with Gasteiger partial charge in [0.15, 0.2) is 5.78 Å². The van der Waals surface area contributed by atoms with Crippen LogP contribution in [0.2, 0.25) is 0 Å². The first kappa shape index (κ1) is 19.1. The fourth-order valence-corrected chi connectivity index (χ4v) is 3.67. The first-order chi connectivity index (χ1) is 12.9. The van der Waals surface area contributed by atoms with E-state index >= 15 is 0 Å². The second kappa shape index (κ2) is 7.92. The summed E-state index contributed by atoms with van der Waals surface area (Å²) in [5.74, 6) is 0.833. The second-order valence-corrected chi connectivity index (χ2v) is 7.75. The van der Waals surface area contributed by atoms with Gasteiger partial charge in [-0.25, -0.2) is 0 Å². The number of hydrogen-bond donors (Lipinski definition) is 0. The topological polar surface area (TPSA) is 69.9 Å². The first-order valence-electron chi connectivity index (χ1n) is 8.62. The molecule has 0 amide bonds.